The number of hydrogen-bond acceptors (Lipinski definition) is 4. The Bertz CT molecular complexity index is 1470. The normalized spacial score (nSPS) is 19.8. The Labute approximate surface area is 253 Å². The van der Waals surface area contributed by atoms with Crippen LogP contribution in [0.25, 0.3) is 0 Å². The molecule has 3 unspecified atom stereocenters. The zero-order valence-electron chi connectivity index (χ0n) is 25.4. The van der Waals surface area contributed by atoms with Crippen molar-refractivity contribution in [2.24, 2.45) is 17.6 Å². The number of imidazole rings is 1. The number of fused-ring (bicyclic) bond motifs is 1. The molecule has 1 aromatic heterocycles. The first-order valence-electron chi connectivity index (χ1n) is 15.2. The molecule has 1 fully saturated rings. The molecule has 10 nitrogen and oxygen atoms in total. The van der Waals surface area contributed by atoms with Gasteiger partial charge in [-0.3, -0.25) is 4.79 Å². The van der Waals surface area contributed by atoms with Crippen LogP contribution >= 0.6 is 0 Å². The predicted molar refractivity (Wildman–Crippen MR) is 167 cm³/mol. The molecule has 10 heteroatoms. The third-order valence-electron chi connectivity index (χ3n) is 8.85. The lowest BCUT2D eigenvalue weighted by atomic mass is 9.81. The number of aryl methyl sites for hydroxylation is 3. The van der Waals surface area contributed by atoms with Crippen molar-refractivity contribution in [3.05, 3.63) is 82.4 Å². The zero-order valence-corrected chi connectivity index (χ0v) is 25.4. The van der Waals surface area contributed by atoms with Crippen LogP contribution in [0.4, 0.5) is 15.3 Å². The van der Waals surface area contributed by atoms with Crippen molar-refractivity contribution in [1.29, 1.82) is 0 Å². The molecule has 1 aliphatic carbocycles. The highest BCUT2D eigenvalue weighted by Gasteiger charge is 2.37. The number of benzene rings is 2. The lowest BCUT2D eigenvalue weighted by molar-refractivity contribution is -0.126. The van der Waals surface area contributed by atoms with Crippen LogP contribution in [0.5, 0.6) is 0 Å². The summed E-state index contributed by atoms with van der Waals surface area (Å²) < 4.78 is 2.10. The van der Waals surface area contributed by atoms with E-state index in [1.165, 1.54) is 16.7 Å². The molecule has 5 rings (SSSR count). The second-order valence-electron chi connectivity index (χ2n) is 12.2. The first-order chi connectivity index (χ1) is 20.7. The maximum absolute atomic E-state index is 13.7. The lowest BCUT2D eigenvalue weighted by Crippen LogP contribution is -2.54. The number of primary amides is 1. The van der Waals surface area contributed by atoms with Gasteiger partial charge < -0.3 is 31.2 Å². The molecule has 2 heterocycles. The number of amides is 5. The number of hydrogen-bond donors (Lipinski definition) is 4. The average Bonchev–Trinajstić information content (AvgIpc) is 3.39. The Kier molecular flexibility index (Phi) is 9.33. The van der Waals surface area contributed by atoms with Gasteiger partial charge in [0.25, 0.3) is 0 Å². The molecule has 1 aliphatic heterocycles. The van der Waals surface area contributed by atoms with Gasteiger partial charge >= 0.3 is 12.1 Å². The van der Waals surface area contributed by atoms with E-state index in [0.29, 0.717) is 43.6 Å². The second-order valence-corrected chi connectivity index (χ2v) is 12.2. The summed E-state index contributed by atoms with van der Waals surface area (Å²) in [5.74, 6) is 0.479. The topological polar surface area (TPSA) is 134 Å². The largest absolute Gasteiger partial charge is 0.354 e. The maximum atomic E-state index is 13.7. The predicted octanol–water partition coefficient (Wildman–Crippen LogP) is 4.41. The number of carbonyl (C=O) groups excluding carboxylic acids is 3. The van der Waals surface area contributed by atoms with Crippen molar-refractivity contribution < 1.29 is 14.4 Å². The summed E-state index contributed by atoms with van der Waals surface area (Å²) in [5.41, 5.74) is 12.4. The molecule has 0 bridgehead atoms. The van der Waals surface area contributed by atoms with E-state index >= 15 is 0 Å². The van der Waals surface area contributed by atoms with Crippen LogP contribution in [0.2, 0.25) is 0 Å². The van der Waals surface area contributed by atoms with Gasteiger partial charge in [0.2, 0.25) is 5.91 Å². The molecule has 0 radical (unpaired) electrons. The Balaban J connectivity index is 1.32. The molecule has 1 saturated carbocycles. The van der Waals surface area contributed by atoms with Crippen molar-refractivity contribution in [3.63, 3.8) is 0 Å². The number of urea groups is 2. The number of anilines is 1. The number of rotatable bonds is 8. The van der Waals surface area contributed by atoms with E-state index in [0.717, 1.165) is 42.6 Å². The minimum absolute atomic E-state index is 0.175. The highest BCUT2D eigenvalue weighted by Crippen LogP contribution is 2.29. The quantitative estimate of drug-likeness (QED) is 0.312. The SMILES string of the molecule is Cc1ccc(NC(=O)N2Cc3c(ncn3Cc3cc(C)ccc3C)CC2C(=O)NCC2CCCC(CNC(N)=O)C2)cc1. The first-order valence-corrected chi connectivity index (χ1v) is 15.2. The maximum Gasteiger partial charge on any atom is 0.322 e. The van der Waals surface area contributed by atoms with Crippen LogP contribution in [-0.2, 0) is 24.3 Å². The van der Waals surface area contributed by atoms with Crippen molar-refractivity contribution in [2.75, 3.05) is 18.4 Å². The first kappa shape index (κ1) is 30.1. The molecule has 0 saturated heterocycles. The van der Waals surface area contributed by atoms with E-state index in [1.54, 1.807) is 4.90 Å². The summed E-state index contributed by atoms with van der Waals surface area (Å²) in [5, 5.41) is 8.86. The van der Waals surface area contributed by atoms with Crippen LogP contribution < -0.4 is 21.7 Å². The van der Waals surface area contributed by atoms with Gasteiger partial charge in [-0.15, -0.1) is 0 Å². The molecular formula is C33H43N7O3. The number of carbonyl (C=O) groups is 3. The van der Waals surface area contributed by atoms with Gasteiger partial charge in [0, 0.05) is 31.7 Å². The Morgan fingerprint density at radius 2 is 1.65 bits per heavy atom. The van der Waals surface area contributed by atoms with Crippen LogP contribution in [0.3, 0.4) is 0 Å². The Morgan fingerprint density at radius 1 is 0.953 bits per heavy atom. The highest BCUT2D eigenvalue weighted by molar-refractivity contribution is 5.94. The fourth-order valence-corrected chi connectivity index (χ4v) is 6.32. The third-order valence-corrected chi connectivity index (χ3v) is 8.85. The zero-order chi connectivity index (χ0) is 30.5. The van der Waals surface area contributed by atoms with Crippen LogP contribution in [0, 0.1) is 32.6 Å². The number of nitrogens with two attached hydrogens (primary N) is 1. The second kappa shape index (κ2) is 13.3. The molecule has 5 amide bonds. The summed E-state index contributed by atoms with van der Waals surface area (Å²) in [6, 6.07) is 12.5. The molecular weight excluding hydrogens is 542 g/mol. The lowest BCUT2D eigenvalue weighted by Gasteiger charge is -2.35. The number of nitrogens with one attached hydrogen (secondary N) is 3. The van der Waals surface area contributed by atoms with E-state index in [-0.39, 0.29) is 18.5 Å². The van der Waals surface area contributed by atoms with Gasteiger partial charge in [-0.25, -0.2) is 14.6 Å². The van der Waals surface area contributed by atoms with Crippen LogP contribution in [-0.4, -0.2) is 51.6 Å². The summed E-state index contributed by atoms with van der Waals surface area (Å²) in [4.78, 5) is 44.9. The summed E-state index contributed by atoms with van der Waals surface area (Å²) in [6.45, 7) is 8.19. The summed E-state index contributed by atoms with van der Waals surface area (Å²) in [7, 11) is 0. The molecule has 228 valence electrons. The van der Waals surface area contributed by atoms with Crippen LogP contribution in [0.1, 0.15) is 59.3 Å². The molecule has 3 atom stereocenters. The third kappa shape index (κ3) is 7.55. The van der Waals surface area contributed by atoms with E-state index < -0.39 is 12.1 Å². The number of nitrogens with zero attached hydrogens (tertiary/aromatic N) is 3. The monoisotopic (exact) mass is 585 g/mol. The van der Waals surface area contributed by atoms with Gasteiger partial charge in [0.05, 0.1) is 24.3 Å². The Morgan fingerprint density at radius 3 is 2.37 bits per heavy atom. The van der Waals surface area contributed by atoms with Crippen LogP contribution in [0.15, 0.2) is 48.8 Å². The summed E-state index contributed by atoms with van der Waals surface area (Å²) in [6.07, 6.45) is 6.18. The number of aromatic nitrogens is 2. The molecule has 2 aromatic carbocycles. The standard InChI is InChI=1S/C33H43N7O3/c1-21-8-11-27(12-9-21)38-33(43)40-19-30-28(37-20-39(30)18-26-13-22(2)7-10-23(26)3)15-29(40)31(41)35-16-24-5-4-6-25(14-24)17-36-32(34)42/h7-13,20,24-25,29H,4-6,14-19H2,1-3H3,(H,35,41)(H,38,43)(H3,34,36,42). The fourth-order valence-electron chi connectivity index (χ4n) is 6.32. The molecule has 5 N–H and O–H groups in total. The van der Waals surface area contributed by atoms with Crippen molar-refractivity contribution >= 4 is 23.7 Å². The highest BCUT2D eigenvalue weighted by atomic mass is 16.2. The van der Waals surface area contributed by atoms with E-state index in [9.17, 15) is 14.4 Å². The summed E-state index contributed by atoms with van der Waals surface area (Å²) >= 11 is 0. The van der Waals surface area contributed by atoms with Gasteiger partial charge in [-0.1, -0.05) is 47.9 Å². The van der Waals surface area contributed by atoms with E-state index in [2.05, 4.69) is 52.6 Å². The molecule has 2 aliphatic rings. The minimum Gasteiger partial charge on any atom is -0.354 e. The molecule has 43 heavy (non-hydrogen) atoms. The molecule has 0 spiro atoms. The van der Waals surface area contributed by atoms with Crippen molar-refractivity contribution in [2.45, 2.75) is 72.0 Å². The smallest absolute Gasteiger partial charge is 0.322 e. The average molecular weight is 586 g/mol. The van der Waals surface area contributed by atoms with Gasteiger partial charge in [0.15, 0.2) is 0 Å². The van der Waals surface area contributed by atoms with E-state index in [1.807, 2.05) is 37.5 Å². The Hall–Kier alpha value is -4.34. The van der Waals surface area contributed by atoms with Gasteiger partial charge in [-0.05, 0) is 75.1 Å². The van der Waals surface area contributed by atoms with Gasteiger partial charge in [0.1, 0.15) is 6.04 Å². The van der Waals surface area contributed by atoms with E-state index in [4.69, 9.17) is 10.7 Å². The van der Waals surface area contributed by atoms with Crippen molar-refractivity contribution in [1.82, 2.24) is 25.1 Å². The fraction of sp³-hybridized carbons (Fsp3) is 0.455. The molecule has 3 aromatic rings. The van der Waals surface area contributed by atoms with Crippen molar-refractivity contribution in [3.8, 4) is 0 Å². The minimum atomic E-state index is -0.682. The van der Waals surface area contributed by atoms with Gasteiger partial charge in [-0.2, -0.15) is 0 Å².